The fourth-order valence-electron chi connectivity index (χ4n) is 4.32. The number of esters is 1. The lowest BCUT2D eigenvalue weighted by atomic mass is 9.98. The summed E-state index contributed by atoms with van der Waals surface area (Å²) in [5, 5.41) is 17.9. The van der Waals surface area contributed by atoms with Crippen molar-refractivity contribution in [2.24, 2.45) is 7.05 Å². The van der Waals surface area contributed by atoms with Crippen LogP contribution in [-0.2, 0) is 30.4 Å². The monoisotopic (exact) mass is 643 g/mol. The summed E-state index contributed by atoms with van der Waals surface area (Å²) < 4.78 is 53.9. The number of nitrogens with one attached hydrogen (secondary N) is 2. The van der Waals surface area contributed by atoms with Gasteiger partial charge < -0.3 is 19.1 Å². The van der Waals surface area contributed by atoms with Gasteiger partial charge in [0.1, 0.15) is 29.7 Å². The molecule has 1 aromatic carbocycles. The maximum atomic E-state index is 15.6. The lowest BCUT2D eigenvalue weighted by molar-refractivity contribution is -0.149. The van der Waals surface area contributed by atoms with Crippen LogP contribution >= 0.6 is 19.3 Å². The molecule has 6 atom stereocenters. The molecule has 3 aromatic rings. The van der Waals surface area contributed by atoms with Crippen LogP contribution in [0.3, 0.4) is 0 Å². The summed E-state index contributed by atoms with van der Waals surface area (Å²) in [6.45, 7) is 4.99. The van der Waals surface area contributed by atoms with Crippen LogP contribution in [0.15, 0.2) is 52.3 Å². The summed E-state index contributed by atoms with van der Waals surface area (Å²) in [4.78, 5) is 38.2. The lowest BCUT2D eigenvalue weighted by Crippen LogP contribution is -2.43. The van der Waals surface area contributed by atoms with E-state index in [4.69, 9.17) is 30.1 Å². The van der Waals surface area contributed by atoms with Gasteiger partial charge in [0.25, 0.3) is 5.56 Å². The maximum absolute atomic E-state index is 15.6. The highest BCUT2D eigenvalue weighted by Gasteiger charge is 2.56. The number of hydrogen-bond acceptors (Lipinski definition) is 10. The number of rotatable bonds is 11. The van der Waals surface area contributed by atoms with E-state index >= 15 is 4.39 Å². The average molecular weight is 644 g/mol. The van der Waals surface area contributed by atoms with Crippen molar-refractivity contribution in [3.63, 3.8) is 0 Å². The van der Waals surface area contributed by atoms with E-state index < -0.39 is 67.8 Å². The number of alkyl halides is 1. The van der Waals surface area contributed by atoms with E-state index in [0.717, 1.165) is 23.8 Å². The molecule has 2 aromatic heterocycles. The van der Waals surface area contributed by atoms with E-state index in [1.807, 2.05) is 4.98 Å². The number of ether oxygens (including phenoxy) is 2. The van der Waals surface area contributed by atoms with Crippen LogP contribution in [0.1, 0.15) is 33.9 Å². The van der Waals surface area contributed by atoms with Gasteiger partial charge in [-0.2, -0.15) is 10.2 Å². The van der Waals surface area contributed by atoms with E-state index in [0.29, 0.717) is 16.3 Å². The van der Waals surface area contributed by atoms with Crippen LogP contribution in [0.4, 0.5) is 4.39 Å². The number of carbonyl (C=O) groups excluding carboxylic acids is 1. The first-order valence-electron chi connectivity index (χ1n) is 13.2. The highest BCUT2D eigenvalue weighted by molar-refractivity contribution is 7.52. The highest BCUT2D eigenvalue weighted by atomic mass is 35.5. The maximum Gasteiger partial charge on any atom is 0.459 e. The Labute approximate surface area is 250 Å². The van der Waals surface area contributed by atoms with Crippen LogP contribution in [0.2, 0.25) is 5.02 Å². The van der Waals surface area contributed by atoms with Crippen molar-refractivity contribution in [3.8, 4) is 17.0 Å². The molecule has 3 heterocycles. The minimum Gasteiger partial charge on any atom is -0.462 e. The van der Waals surface area contributed by atoms with Gasteiger partial charge in [0.05, 0.1) is 17.7 Å². The molecule has 4 rings (SSSR count). The third-order valence-corrected chi connectivity index (χ3v) is 8.34. The molecule has 3 N–H and O–H groups in total. The lowest BCUT2D eigenvalue weighted by Gasteiger charge is -2.25. The number of aromatic nitrogens is 4. The molecule has 1 aliphatic heterocycles. The zero-order chi connectivity index (χ0) is 31.7. The Kier molecular flexibility index (Phi) is 9.64. The van der Waals surface area contributed by atoms with E-state index in [2.05, 4.69) is 10.2 Å². The smallest absolute Gasteiger partial charge is 0.459 e. The van der Waals surface area contributed by atoms with Gasteiger partial charge in [-0.15, -0.1) is 0 Å². The van der Waals surface area contributed by atoms with Crippen molar-refractivity contribution in [1.82, 2.24) is 24.4 Å². The highest BCUT2D eigenvalue weighted by Crippen LogP contribution is 2.48. The second kappa shape index (κ2) is 12.7. The second-order valence-electron chi connectivity index (χ2n) is 10.4. The number of aliphatic hydroxyl groups excluding tert-OH is 1. The topological polar surface area (TPSA) is 176 Å². The number of aryl methyl sites for hydroxylation is 1. The Morgan fingerprint density at radius 1 is 1.28 bits per heavy atom. The third-order valence-electron chi connectivity index (χ3n) is 6.42. The molecule has 43 heavy (non-hydrogen) atoms. The SMILES string of the molecule is CC(C)OC(=O)[C@H](C)NP(=O)(OC[C@H]1O[C@@H](n2ccc(=O)[nH]c2=O)[C@](C)(F)[C@@H]1O)Oc1ccc(-c2nn(C)cc2Cl)cc1. The van der Waals surface area contributed by atoms with Crippen LogP contribution in [0, 0.1) is 0 Å². The number of aliphatic hydroxyl groups is 1. The number of benzene rings is 1. The van der Waals surface area contributed by atoms with Crippen LogP contribution in [-0.4, -0.2) is 67.0 Å². The quantitative estimate of drug-likeness (QED) is 0.207. The van der Waals surface area contributed by atoms with Crippen molar-refractivity contribution in [1.29, 1.82) is 0 Å². The Morgan fingerprint density at radius 3 is 2.53 bits per heavy atom. The molecule has 1 saturated heterocycles. The Balaban J connectivity index is 1.55. The van der Waals surface area contributed by atoms with Gasteiger partial charge in [-0.05, 0) is 52.0 Å². The zero-order valence-electron chi connectivity index (χ0n) is 23.9. The first kappa shape index (κ1) is 32.6. The molecule has 234 valence electrons. The summed E-state index contributed by atoms with van der Waals surface area (Å²) in [5.41, 5.74) is -3.03. The Hall–Kier alpha value is -3.33. The van der Waals surface area contributed by atoms with Crippen molar-refractivity contribution in [3.05, 3.63) is 68.6 Å². The minimum atomic E-state index is -4.44. The van der Waals surface area contributed by atoms with Gasteiger partial charge in [-0.1, -0.05) is 11.6 Å². The number of carbonyl (C=O) groups is 1. The summed E-state index contributed by atoms with van der Waals surface area (Å²) in [7, 11) is -2.72. The number of aromatic amines is 1. The third kappa shape index (κ3) is 7.43. The number of nitrogens with zero attached hydrogens (tertiary/aromatic N) is 3. The van der Waals surface area contributed by atoms with E-state index in [1.165, 1.54) is 19.1 Å². The van der Waals surface area contributed by atoms with Crippen LogP contribution in [0.25, 0.3) is 11.3 Å². The molecule has 17 heteroatoms. The van der Waals surface area contributed by atoms with Crippen LogP contribution < -0.4 is 20.9 Å². The Morgan fingerprint density at radius 2 is 1.95 bits per heavy atom. The number of H-pyrrole nitrogens is 1. The second-order valence-corrected chi connectivity index (χ2v) is 12.5. The molecule has 0 spiro atoms. The van der Waals surface area contributed by atoms with Gasteiger partial charge in [0, 0.05) is 31.1 Å². The van der Waals surface area contributed by atoms with Crippen molar-refractivity contribution in [2.45, 2.75) is 63.9 Å². The van der Waals surface area contributed by atoms with Crippen molar-refractivity contribution in [2.75, 3.05) is 6.61 Å². The summed E-state index contributed by atoms with van der Waals surface area (Å²) in [6, 6.07) is 6.02. The van der Waals surface area contributed by atoms with E-state index in [1.54, 1.807) is 43.9 Å². The summed E-state index contributed by atoms with van der Waals surface area (Å²) >= 11 is 6.22. The Bertz CT molecular complexity index is 1620. The molecule has 0 bridgehead atoms. The minimum absolute atomic E-state index is 0.0666. The van der Waals surface area contributed by atoms with Crippen molar-refractivity contribution < 1.29 is 37.4 Å². The first-order chi connectivity index (χ1) is 20.1. The molecule has 1 fully saturated rings. The average Bonchev–Trinajstić information content (AvgIpc) is 3.37. The molecule has 1 aliphatic rings. The predicted molar refractivity (Wildman–Crippen MR) is 152 cm³/mol. The van der Waals surface area contributed by atoms with Gasteiger partial charge in [-0.25, -0.2) is 13.8 Å². The molecule has 0 aliphatic carbocycles. The summed E-state index contributed by atoms with van der Waals surface area (Å²) in [5.74, 6) is -0.675. The van der Waals surface area contributed by atoms with Crippen molar-refractivity contribution >= 4 is 25.3 Å². The van der Waals surface area contributed by atoms with Crippen LogP contribution in [0.5, 0.6) is 5.75 Å². The molecule has 0 saturated carbocycles. The predicted octanol–water partition coefficient (Wildman–Crippen LogP) is 2.71. The first-order valence-corrected chi connectivity index (χ1v) is 15.1. The van der Waals surface area contributed by atoms with Gasteiger partial charge >= 0.3 is 19.4 Å². The normalized spacial score (nSPS) is 24.1. The standard InChI is InChI=1S/C26H32ClFN5O9P/c1-14(2)40-23(36)15(3)31-43(38,42-17-8-6-16(7-9-17)21-18(27)12-32(5)30-21)39-13-19-22(35)26(4,28)24(41-19)33-11-10-20(34)29-25(33)37/h6-12,14-15,19,22,24,35H,13H2,1-5H3,(H,31,38)(H,29,34,37)/t15-,19+,22+,24+,26+,43?/m0/s1. The van der Waals surface area contributed by atoms with Gasteiger partial charge in [0.15, 0.2) is 11.9 Å². The molecule has 1 unspecified atom stereocenters. The molecular formula is C26H32ClFN5O9P. The number of halogens is 2. The molecule has 0 amide bonds. The van der Waals surface area contributed by atoms with Gasteiger partial charge in [0.2, 0.25) is 0 Å². The molecule has 0 radical (unpaired) electrons. The molecule has 14 nitrogen and oxygen atoms in total. The van der Waals surface area contributed by atoms with E-state index in [9.17, 15) is 24.1 Å². The van der Waals surface area contributed by atoms with E-state index in [-0.39, 0.29) is 5.75 Å². The fraction of sp³-hybridized carbons (Fsp3) is 0.462. The number of hydrogen-bond donors (Lipinski definition) is 3. The fourth-order valence-corrected chi connectivity index (χ4v) is 6.11. The largest absolute Gasteiger partial charge is 0.462 e. The zero-order valence-corrected chi connectivity index (χ0v) is 25.5. The molecular weight excluding hydrogens is 612 g/mol. The summed E-state index contributed by atoms with van der Waals surface area (Å²) in [6.07, 6.45) is -2.75. The van der Waals surface area contributed by atoms with Gasteiger partial charge in [-0.3, -0.25) is 28.3 Å².